The lowest BCUT2D eigenvalue weighted by Crippen LogP contribution is -2.38. The molecule has 6 heteroatoms. The molecule has 1 aromatic rings. The van der Waals surface area contributed by atoms with E-state index in [2.05, 4.69) is 5.32 Å². The van der Waals surface area contributed by atoms with Crippen molar-refractivity contribution in [1.82, 2.24) is 4.90 Å². The Hall–Kier alpha value is -2.37. The van der Waals surface area contributed by atoms with Gasteiger partial charge < -0.3 is 15.0 Å². The van der Waals surface area contributed by atoms with Crippen LogP contribution in [0.4, 0.5) is 5.69 Å². The molecule has 1 saturated carbocycles. The molecular weight excluding hydrogens is 296 g/mol. The zero-order valence-corrected chi connectivity index (χ0v) is 13.7. The molecule has 1 fully saturated rings. The molecule has 0 spiro atoms. The number of aryl methyl sites for hydroxylation is 1. The fourth-order valence-corrected chi connectivity index (χ4v) is 2.34. The number of hydrogen-bond donors (Lipinski definition) is 1. The van der Waals surface area contributed by atoms with Gasteiger partial charge in [0.25, 0.3) is 5.91 Å². The number of anilines is 1. The molecule has 0 saturated heterocycles. The maximum absolute atomic E-state index is 12.7. The molecule has 0 radical (unpaired) electrons. The van der Waals surface area contributed by atoms with Gasteiger partial charge in [-0.2, -0.15) is 0 Å². The predicted octanol–water partition coefficient (Wildman–Crippen LogP) is 2.12. The van der Waals surface area contributed by atoms with E-state index in [1.807, 2.05) is 6.92 Å². The minimum Gasteiger partial charge on any atom is -0.465 e. The number of hydrogen-bond acceptors (Lipinski definition) is 4. The zero-order chi connectivity index (χ0) is 17.0. The highest BCUT2D eigenvalue weighted by Gasteiger charge is 2.34. The van der Waals surface area contributed by atoms with Crippen molar-refractivity contribution in [2.75, 3.05) is 18.5 Å². The monoisotopic (exact) mass is 318 g/mol. The standard InChI is InChI=1S/C17H22N2O4/c1-4-23-16(21)10-19(14-7-8-14)17(22)13-6-5-11(2)15(9-13)18-12(3)20/h5-6,9,14H,4,7-8,10H2,1-3H3,(H,18,20). The molecule has 124 valence electrons. The van der Waals surface area contributed by atoms with Crippen LogP contribution in [0.1, 0.15) is 42.6 Å². The van der Waals surface area contributed by atoms with Crippen LogP contribution in [-0.2, 0) is 14.3 Å². The second-order valence-electron chi connectivity index (χ2n) is 5.68. The van der Waals surface area contributed by atoms with E-state index in [4.69, 9.17) is 4.74 Å². The van der Waals surface area contributed by atoms with Crippen molar-refractivity contribution < 1.29 is 19.1 Å². The summed E-state index contributed by atoms with van der Waals surface area (Å²) in [6.45, 7) is 5.27. The molecule has 1 aromatic carbocycles. The maximum Gasteiger partial charge on any atom is 0.325 e. The molecule has 6 nitrogen and oxygen atoms in total. The van der Waals surface area contributed by atoms with Crippen LogP contribution in [0.3, 0.4) is 0 Å². The van der Waals surface area contributed by atoms with Crippen LogP contribution in [0.25, 0.3) is 0 Å². The number of carbonyl (C=O) groups excluding carboxylic acids is 3. The van der Waals surface area contributed by atoms with Crippen molar-refractivity contribution in [1.29, 1.82) is 0 Å². The van der Waals surface area contributed by atoms with Gasteiger partial charge in [0, 0.05) is 24.2 Å². The van der Waals surface area contributed by atoms with Crippen LogP contribution in [0, 0.1) is 6.92 Å². The normalized spacial score (nSPS) is 13.3. The van der Waals surface area contributed by atoms with E-state index < -0.39 is 5.97 Å². The number of benzene rings is 1. The van der Waals surface area contributed by atoms with Gasteiger partial charge in [0.05, 0.1) is 6.61 Å². The first-order valence-electron chi connectivity index (χ1n) is 7.77. The molecule has 2 amide bonds. The van der Waals surface area contributed by atoms with Crippen LogP contribution in [0.2, 0.25) is 0 Å². The Morgan fingerprint density at radius 2 is 2.00 bits per heavy atom. The Kier molecular flexibility index (Phi) is 5.36. The SMILES string of the molecule is CCOC(=O)CN(C(=O)c1ccc(C)c(NC(C)=O)c1)C1CC1. The highest BCUT2D eigenvalue weighted by Crippen LogP contribution is 2.29. The number of nitrogens with zero attached hydrogens (tertiary/aromatic N) is 1. The third-order valence-corrected chi connectivity index (χ3v) is 3.65. The van der Waals surface area contributed by atoms with E-state index in [-0.39, 0.29) is 24.4 Å². The van der Waals surface area contributed by atoms with Crippen LogP contribution in [0.5, 0.6) is 0 Å². The van der Waals surface area contributed by atoms with E-state index in [1.54, 1.807) is 30.0 Å². The summed E-state index contributed by atoms with van der Waals surface area (Å²) in [5.41, 5.74) is 1.94. The molecule has 1 N–H and O–H groups in total. The zero-order valence-electron chi connectivity index (χ0n) is 13.7. The Morgan fingerprint density at radius 1 is 1.30 bits per heavy atom. The average Bonchev–Trinajstić information content (AvgIpc) is 3.31. The van der Waals surface area contributed by atoms with Crippen LogP contribution < -0.4 is 5.32 Å². The van der Waals surface area contributed by atoms with Crippen LogP contribution in [0.15, 0.2) is 18.2 Å². The van der Waals surface area contributed by atoms with Gasteiger partial charge in [0.1, 0.15) is 6.54 Å². The highest BCUT2D eigenvalue weighted by atomic mass is 16.5. The largest absolute Gasteiger partial charge is 0.465 e. The van der Waals surface area contributed by atoms with Crippen LogP contribution in [-0.4, -0.2) is 41.9 Å². The Balaban J connectivity index is 2.19. The third-order valence-electron chi connectivity index (χ3n) is 3.65. The second-order valence-corrected chi connectivity index (χ2v) is 5.68. The van der Waals surface area contributed by atoms with Crippen molar-refractivity contribution in [2.45, 2.75) is 39.7 Å². The Labute approximate surface area is 135 Å². The number of esters is 1. The fourth-order valence-electron chi connectivity index (χ4n) is 2.34. The minimum absolute atomic E-state index is 0.0410. The molecule has 23 heavy (non-hydrogen) atoms. The van der Waals surface area contributed by atoms with Crippen molar-refractivity contribution >= 4 is 23.5 Å². The van der Waals surface area contributed by atoms with Crippen molar-refractivity contribution in [3.63, 3.8) is 0 Å². The molecule has 0 heterocycles. The molecule has 0 unspecified atom stereocenters. The minimum atomic E-state index is -0.401. The number of ether oxygens (including phenoxy) is 1. The maximum atomic E-state index is 12.7. The van der Waals surface area contributed by atoms with Crippen molar-refractivity contribution in [3.8, 4) is 0 Å². The fraction of sp³-hybridized carbons (Fsp3) is 0.471. The van der Waals surface area contributed by atoms with Gasteiger partial charge >= 0.3 is 5.97 Å². The summed E-state index contributed by atoms with van der Waals surface area (Å²) < 4.78 is 4.94. The summed E-state index contributed by atoms with van der Waals surface area (Å²) in [6.07, 6.45) is 1.80. The first-order valence-corrected chi connectivity index (χ1v) is 7.77. The number of amides is 2. The summed E-state index contributed by atoms with van der Waals surface area (Å²) in [5.74, 6) is -0.808. The second kappa shape index (κ2) is 7.26. The van der Waals surface area contributed by atoms with E-state index in [0.717, 1.165) is 18.4 Å². The van der Waals surface area contributed by atoms with Gasteiger partial charge in [0.15, 0.2) is 0 Å². The van der Waals surface area contributed by atoms with Crippen molar-refractivity contribution in [2.24, 2.45) is 0 Å². The lowest BCUT2D eigenvalue weighted by molar-refractivity contribution is -0.144. The van der Waals surface area contributed by atoms with Gasteiger partial charge in [-0.05, 0) is 44.4 Å². The van der Waals surface area contributed by atoms with E-state index >= 15 is 0 Å². The number of carbonyl (C=O) groups is 3. The first kappa shape index (κ1) is 17.0. The molecule has 0 aliphatic heterocycles. The average molecular weight is 318 g/mol. The summed E-state index contributed by atoms with van der Waals surface area (Å²) >= 11 is 0. The molecule has 2 rings (SSSR count). The summed E-state index contributed by atoms with van der Waals surface area (Å²) in [4.78, 5) is 37.2. The first-order chi connectivity index (χ1) is 10.9. The summed E-state index contributed by atoms with van der Waals surface area (Å²) in [7, 11) is 0. The van der Waals surface area contributed by atoms with E-state index in [9.17, 15) is 14.4 Å². The van der Waals surface area contributed by atoms with Crippen molar-refractivity contribution in [3.05, 3.63) is 29.3 Å². The van der Waals surface area contributed by atoms with Gasteiger partial charge in [-0.3, -0.25) is 14.4 Å². The topological polar surface area (TPSA) is 75.7 Å². The van der Waals surface area contributed by atoms with Gasteiger partial charge in [-0.1, -0.05) is 6.07 Å². The molecular formula is C17H22N2O4. The van der Waals surface area contributed by atoms with Gasteiger partial charge in [-0.15, -0.1) is 0 Å². The smallest absolute Gasteiger partial charge is 0.325 e. The van der Waals surface area contributed by atoms with E-state index in [0.29, 0.717) is 17.9 Å². The molecule has 0 bridgehead atoms. The van der Waals surface area contributed by atoms with Crippen LogP contribution >= 0.6 is 0 Å². The quantitative estimate of drug-likeness (QED) is 0.815. The van der Waals surface area contributed by atoms with Gasteiger partial charge in [-0.25, -0.2) is 0 Å². The lowest BCUT2D eigenvalue weighted by Gasteiger charge is -2.22. The van der Waals surface area contributed by atoms with Gasteiger partial charge in [0.2, 0.25) is 5.91 Å². The molecule has 0 aromatic heterocycles. The third kappa shape index (κ3) is 4.55. The predicted molar refractivity (Wildman–Crippen MR) is 86.2 cm³/mol. The summed E-state index contributed by atoms with van der Waals surface area (Å²) in [5, 5.41) is 2.71. The number of nitrogens with one attached hydrogen (secondary N) is 1. The lowest BCUT2D eigenvalue weighted by atomic mass is 10.1. The number of rotatable bonds is 6. The van der Waals surface area contributed by atoms with E-state index in [1.165, 1.54) is 6.92 Å². The Morgan fingerprint density at radius 3 is 2.57 bits per heavy atom. The molecule has 0 atom stereocenters. The molecule has 1 aliphatic rings. The Bertz CT molecular complexity index is 623. The highest BCUT2D eigenvalue weighted by molar-refractivity contribution is 5.98. The molecule has 1 aliphatic carbocycles. The summed E-state index contributed by atoms with van der Waals surface area (Å²) in [6, 6.07) is 5.24.